The van der Waals surface area contributed by atoms with Crippen LogP contribution in [0, 0.1) is 11.3 Å². The van der Waals surface area contributed by atoms with Crippen molar-refractivity contribution < 1.29 is 4.74 Å². The maximum atomic E-state index is 9.37. The third kappa shape index (κ3) is 4.20. The zero-order chi connectivity index (χ0) is 34.6. The molecular weight excluding hydrogens is 657 g/mol. The van der Waals surface area contributed by atoms with Gasteiger partial charge in [-0.2, -0.15) is 5.26 Å². The summed E-state index contributed by atoms with van der Waals surface area (Å²) in [4.78, 5) is 0. The Morgan fingerprint density at radius 3 is 2.38 bits per heavy atom. The number of ether oxygens (including phenoxy) is 1. The first kappa shape index (κ1) is 29.4. The van der Waals surface area contributed by atoms with E-state index < -0.39 is 0 Å². The number of nitrogens with one attached hydrogen (secondary N) is 2. The maximum Gasteiger partial charge on any atom is 0.130 e. The molecule has 0 bridgehead atoms. The van der Waals surface area contributed by atoms with Crippen LogP contribution in [-0.4, -0.2) is 16.7 Å². The van der Waals surface area contributed by atoms with Crippen molar-refractivity contribution in [3.8, 4) is 22.9 Å². The van der Waals surface area contributed by atoms with Crippen LogP contribution in [0.1, 0.15) is 24.2 Å². The molecule has 5 nitrogen and oxygen atoms in total. The fraction of sp³-hybridized carbons (Fsp3) is 0.109. The molecule has 52 heavy (non-hydrogen) atoms. The molecule has 1 aliphatic carbocycles. The lowest BCUT2D eigenvalue weighted by atomic mass is 9.73. The van der Waals surface area contributed by atoms with Crippen LogP contribution in [0.4, 0.5) is 10.7 Å². The van der Waals surface area contributed by atoms with E-state index in [9.17, 15) is 5.26 Å². The number of nitriles is 1. The summed E-state index contributed by atoms with van der Waals surface area (Å²) in [5.41, 5.74) is 8.54. The molecule has 0 amide bonds. The van der Waals surface area contributed by atoms with E-state index in [2.05, 4.69) is 150 Å². The molecule has 3 aliphatic rings. The van der Waals surface area contributed by atoms with Gasteiger partial charge in [-0.3, -0.25) is 0 Å². The minimum Gasteiger partial charge on any atom is -0.485 e. The van der Waals surface area contributed by atoms with Crippen molar-refractivity contribution >= 4 is 64.7 Å². The van der Waals surface area contributed by atoms with Crippen LogP contribution in [0.2, 0.25) is 0 Å². The first-order valence-electron chi connectivity index (χ1n) is 17.7. The second-order valence-corrected chi connectivity index (χ2v) is 15.4. The van der Waals surface area contributed by atoms with E-state index in [1.807, 2.05) is 24.3 Å². The summed E-state index contributed by atoms with van der Waals surface area (Å²) in [6.45, 7) is 2.31. The number of para-hydroxylation sites is 2. The molecule has 3 unspecified atom stereocenters. The van der Waals surface area contributed by atoms with Crippen LogP contribution in [0.15, 0.2) is 151 Å². The maximum absolute atomic E-state index is 9.37. The number of fused-ring (bicyclic) bond motifs is 10. The van der Waals surface area contributed by atoms with Gasteiger partial charge in [-0.05, 0) is 89.0 Å². The van der Waals surface area contributed by atoms with E-state index >= 15 is 0 Å². The number of benzene rings is 6. The molecule has 0 spiro atoms. The van der Waals surface area contributed by atoms with Gasteiger partial charge in [0.25, 0.3) is 0 Å². The van der Waals surface area contributed by atoms with E-state index in [0.717, 1.165) is 27.6 Å². The quantitative estimate of drug-likeness (QED) is 0.194. The van der Waals surface area contributed by atoms with Crippen molar-refractivity contribution in [3.63, 3.8) is 0 Å². The van der Waals surface area contributed by atoms with Gasteiger partial charge in [-0.1, -0.05) is 91.0 Å². The summed E-state index contributed by atoms with van der Waals surface area (Å²) >= 11 is 1.79. The summed E-state index contributed by atoms with van der Waals surface area (Å²) in [5.74, 6) is 0.961. The van der Waals surface area contributed by atoms with Crippen LogP contribution < -0.4 is 15.4 Å². The van der Waals surface area contributed by atoms with Crippen molar-refractivity contribution in [1.82, 2.24) is 4.57 Å². The molecule has 0 saturated carbocycles. The lowest BCUT2D eigenvalue weighted by Crippen LogP contribution is -2.43. The highest BCUT2D eigenvalue weighted by atomic mass is 32.1. The zero-order valence-corrected chi connectivity index (χ0v) is 29.1. The van der Waals surface area contributed by atoms with Crippen molar-refractivity contribution in [2.24, 2.45) is 0 Å². The summed E-state index contributed by atoms with van der Waals surface area (Å²) in [6, 6.07) is 47.3. The predicted octanol–water partition coefficient (Wildman–Crippen LogP) is 11.3. The van der Waals surface area contributed by atoms with E-state index in [1.165, 1.54) is 53.8 Å². The van der Waals surface area contributed by atoms with Gasteiger partial charge in [-0.15, -0.1) is 11.3 Å². The Labute approximate surface area is 304 Å². The normalized spacial score (nSPS) is 21.5. The largest absolute Gasteiger partial charge is 0.485 e. The third-order valence-electron chi connectivity index (χ3n) is 11.4. The first-order valence-corrected chi connectivity index (χ1v) is 18.6. The third-order valence-corrected chi connectivity index (χ3v) is 12.5. The smallest absolute Gasteiger partial charge is 0.130 e. The first-order chi connectivity index (χ1) is 25.6. The van der Waals surface area contributed by atoms with Crippen LogP contribution in [-0.2, 0) is 5.41 Å². The molecule has 2 aliphatic heterocycles. The van der Waals surface area contributed by atoms with Crippen LogP contribution in [0.5, 0.6) is 5.75 Å². The number of hydrogen-bond acceptors (Lipinski definition) is 5. The number of hydrogen-bond donors (Lipinski definition) is 2. The van der Waals surface area contributed by atoms with Gasteiger partial charge in [-0.25, -0.2) is 0 Å². The topological polar surface area (TPSA) is 62.0 Å². The van der Waals surface area contributed by atoms with Crippen molar-refractivity contribution in [1.29, 1.82) is 5.26 Å². The highest BCUT2D eigenvalue weighted by Crippen LogP contribution is 2.52. The second kappa shape index (κ2) is 10.9. The van der Waals surface area contributed by atoms with Crippen molar-refractivity contribution in [2.75, 3.05) is 10.6 Å². The van der Waals surface area contributed by atoms with Gasteiger partial charge in [0.2, 0.25) is 0 Å². The van der Waals surface area contributed by atoms with Crippen molar-refractivity contribution in [3.05, 3.63) is 162 Å². The van der Waals surface area contributed by atoms with E-state index in [0.29, 0.717) is 5.56 Å². The van der Waals surface area contributed by atoms with Gasteiger partial charge >= 0.3 is 0 Å². The van der Waals surface area contributed by atoms with Crippen molar-refractivity contribution in [2.45, 2.75) is 30.7 Å². The molecule has 4 heterocycles. The Morgan fingerprint density at radius 2 is 1.52 bits per heavy atom. The molecule has 2 aromatic heterocycles. The molecule has 0 fully saturated rings. The highest BCUT2D eigenvalue weighted by Gasteiger charge is 2.46. The number of rotatable bonds is 3. The fourth-order valence-electron chi connectivity index (χ4n) is 8.79. The van der Waals surface area contributed by atoms with Gasteiger partial charge < -0.3 is 19.9 Å². The summed E-state index contributed by atoms with van der Waals surface area (Å²) in [5, 5.41) is 24.9. The predicted molar refractivity (Wildman–Crippen MR) is 214 cm³/mol. The minimum atomic E-state index is -0.291. The molecular formula is C46H32N4OS. The molecule has 0 saturated heterocycles. The molecule has 248 valence electrons. The molecule has 6 aromatic carbocycles. The second-order valence-electron chi connectivity index (χ2n) is 14.3. The number of nitrogens with zero attached hydrogens (tertiary/aromatic N) is 2. The van der Waals surface area contributed by atoms with Crippen LogP contribution >= 0.6 is 11.3 Å². The molecule has 4 atom stereocenters. The Balaban J connectivity index is 1.13. The molecule has 2 N–H and O–H groups in total. The Hall–Kier alpha value is -6.29. The van der Waals surface area contributed by atoms with Gasteiger partial charge in [0, 0.05) is 26.4 Å². The van der Waals surface area contributed by atoms with E-state index in [-0.39, 0.29) is 23.7 Å². The molecule has 11 rings (SSSR count). The molecule has 8 aromatic rings. The van der Waals surface area contributed by atoms with Gasteiger partial charge in [0.05, 0.1) is 39.8 Å². The number of thiophene rings is 1. The van der Waals surface area contributed by atoms with Crippen LogP contribution in [0.25, 0.3) is 53.8 Å². The van der Waals surface area contributed by atoms with Crippen LogP contribution in [0.3, 0.4) is 0 Å². The average Bonchev–Trinajstić information content (AvgIpc) is 3.82. The zero-order valence-electron chi connectivity index (χ0n) is 28.3. The summed E-state index contributed by atoms with van der Waals surface area (Å²) < 4.78 is 10.2. The summed E-state index contributed by atoms with van der Waals surface area (Å²) in [7, 11) is 0. The van der Waals surface area contributed by atoms with Gasteiger partial charge in [0.15, 0.2) is 0 Å². The van der Waals surface area contributed by atoms with Gasteiger partial charge in [0.1, 0.15) is 23.0 Å². The lowest BCUT2D eigenvalue weighted by molar-refractivity contribution is 0.226. The lowest BCUT2D eigenvalue weighted by Gasteiger charge is -2.40. The van der Waals surface area contributed by atoms with E-state index in [1.54, 1.807) is 11.3 Å². The minimum absolute atomic E-state index is 0.0521. The monoisotopic (exact) mass is 688 g/mol. The Kier molecular flexibility index (Phi) is 6.15. The molecule has 6 heteroatoms. The van der Waals surface area contributed by atoms with E-state index in [4.69, 9.17) is 4.74 Å². The molecule has 0 radical (unpaired) electrons. The SMILES string of the molecule is CC12C=C(C3Nc4sc5ccc(-c6ccc(C#N)cc6)cc5c4NC3n3c4ccccc4c4cc5ccccc5cc43)C=C[C@H]1Oc1ccccc12. The number of aromatic nitrogens is 1. The Morgan fingerprint density at radius 1 is 0.750 bits per heavy atom. The average molecular weight is 689 g/mol. The summed E-state index contributed by atoms with van der Waals surface area (Å²) in [6.07, 6.45) is 6.75. The number of anilines is 2. The Bertz CT molecular complexity index is 2890. The standard InChI is InChI=1S/C46H32N4OS/c1-46-25-32(19-21-41(46)51-39-13-7-5-11-36(39)46)42-44(50-37-12-6-4-10-33(37)34-22-29-8-2-3-9-30(29)24-38(34)50)48-43-35-23-31(18-20-40(35)52-45(43)49-42)28-16-14-27(26-47)15-17-28/h2-25,41-42,44,48-49H,1H3/t41-,42?,44?,46?/m1/s1. The fourth-order valence-corrected chi connectivity index (χ4v) is 9.87. The highest BCUT2D eigenvalue weighted by molar-refractivity contribution is 7.23.